The van der Waals surface area contributed by atoms with Crippen LogP contribution in [0.3, 0.4) is 0 Å². The largest absolute Gasteiger partial charge is 0.330 e. The van der Waals surface area contributed by atoms with Crippen molar-refractivity contribution in [3.8, 4) is 0 Å². The molecule has 1 aliphatic carbocycles. The summed E-state index contributed by atoms with van der Waals surface area (Å²) in [6.45, 7) is 0.699. The summed E-state index contributed by atoms with van der Waals surface area (Å²) in [7, 11) is 0. The number of rotatable bonds is 2. The Balaban J connectivity index is 2.36. The van der Waals surface area contributed by atoms with Gasteiger partial charge in [-0.05, 0) is 30.5 Å². The van der Waals surface area contributed by atoms with Gasteiger partial charge in [-0.25, -0.2) is 0 Å². The van der Waals surface area contributed by atoms with E-state index < -0.39 is 0 Å². The predicted molar refractivity (Wildman–Crippen MR) is 61.0 cm³/mol. The molecule has 0 unspecified atom stereocenters. The average molecular weight is 230 g/mol. The van der Waals surface area contributed by atoms with Crippen LogP contribution in [-0.4, -0.2) is 6.54 Å². The molecule has 0 saturated heterocycles. The molecule has 1 fully saturated rings. The fraction of sp³-hybridized carbons (Fsp3) is 0.455. The summed E-state index contributed by atoms with van der Waals surface area (Å²) in [6.07, 6.45) is 3.60. The van der Waals surface area contributed by atoms with Crippen molar-refractivity contribution < 1.29 is 0 Å². The maximum absolute atomic E-state index is 5.99. The zero-order valence-electron chi connectivity index (χ0n) is 7.89. The molecule has 0 amide bonds. The first-order chi connectivity index (χ1) is 6.68. The molecule has 1 saturated carbocycles. The van der Waals surface area contributed by atoms with Crippen LogP contribution in [-0.2, 0) is 5.41 Å². The van der Waals surface area contributed by atoms with Crippen molar-refractivity contribution in [1.29, 1.82) is 0 Å². The zero-order valence-corrected chi connectivity index (χ0v) is 9.41. The van der Waals surface area contributed by atoms with E-state index in [0.29, 0.717) is 16.6 Å². The standard InChI is InChI=1S/C11H13Cl2N/c12-9-3-2-8(6-10(9)13)11(7-14)4-1-5-11/h2-3,6H,1,4-5,7,14H2. The Morgan fingerprint density at radius 2 is 1.93 bits per heavy atom. The van der Waals surface area contributed by atoms with Crippen LogP contribution in [0.5, 0.6) is 0 Å². The third kappa shape index (κ3) is 1.54. The molecular weight excluding hydrogens is 217 g/mol. The van der Waals surface area contributed by atoms with Gasteiger partial charge in [0.05, 0.1) is 10.0 Å². The van der Waals surface area contributed by atoms with Gasteiger partial charge in [0, 0.05) is 12.0 Å². The van der Waals surface area contributed by atoms with Crippen molar-refractivity contribution in [3.05, 3.63) is 33.8 Å². The molecule has 1 aliphatic rings. The summed E-state index contributed by atoms with van der Waals surface area (Å²) in [5, 5.41) is 1.24. The van der Waals surface area contributed by atoms with Gasteiger partial charge < -0.3 is 5.73 Å². The third-order valence-corrected chi connectivity index (χ3v) is 3.97. The van der Waals surface area contributed by atoms with Crippen LogP contribution in [0.1, 0.15) is 24.8 Å². The van der Waals surface area contributed by atoms with Crippen molar-refractivity contribution in [2.75, 3.05) is 6.54 Å². The molecule has 0 atom stereocenters. The molecular formula is C11H13Cl2N. The van der Waals surface area contributed by atoms with E-state index in [4.69, 9.17) is 28.9 Å². The Hall–Kier alpha value is -0.240. The molecule has 1 aromatic rings. The van der Waals surface area contributed by atoms with E-state index in [-0.39, 0.29) is 5.41 Å². The smallest absolute Gasteiger partial charge is 0.0595 e. The molecule has 76 valence electrons. The fourth-order valence-electron chi connectivity index (χ4n) is 2.04. The lowest BCUT2D eigenvalue weighted by Gasteiger charge is -2.41. The summed E-state index contributed by atoms with van der Waals surface area (Å²) in [6, 6.07) is 5.85. The molecule has 0 aromatic heterocycles. The maximum Gasteiger partial charge on any atom is 0.0595 e. The summed E-state index contributed by atoms with van der Waals surface area (Å²) in [5.74, 6) is 0. The van der Waals surface area contributed by atoms with Crippen molar-refractivity contribution in [2.45, 2.75) is 24.7 Å². The van der Waals surface area contributed by atoms with E-state index in [1.807, 2.05) is 18.2 Å². The molecule has 0 aliphatic heterocycles. The van der Waals surface area contributed by atoms with Crippen molar-refractivity contribution in [3.63, 3.8) is 0 Å². The van der Waals surface area contributed by atoms with Crippen LogP contribution in [0.2, 0.25) is 10.0 Å². The van der Waals surface area contributed by atoms with Gasteiger partial charge in [0.15, 0.2) is 0 Å². The summed E-state index contributed by atoms with van der Waals surface area (Å²) < 4.78 is 0. The minimum atomic E-state index is 0.175. The second-order valence-corrected chi connectivity index (χ2v) is 4.78. The molecule has 1 aromatic carbocycles. The van der Waals surface area contributed by atoms with E-state index >= 15 is 0 Å². The third-order valence-electron chi connectivity index (χ3n) is 3.23. The number of benzene rings is 1. The highest BCUT2D eigenvalue weighted by Gasteiger charge is 2.37. The van der Waals surface area contributed by atoms with E-state index in [2.05, 4.69) is 0 Å². The van der Waals surface area contributed by atoms with Crippen molar-refractivity contribution in [1.82, 2.24) is 0 Å². The highest BCUT2D eigenvalue weighted by Crippen LogP contribution is 2.44. The number of hydrogen-bond donors (Lipinski definition) is 1. The predicted octanol–water partition coefficient (Wildman–Crippen LogP) is 3.37. The molecule has 0 spiro atoms. The first kappa shape index (κ1) is 10.3. The summed E-state index contributed by atoms with van der Waals surface area (Å²) in [4.78, 5) is 0. The van der Waals surface area contributed by atoms with E-state index in [9.17, 15) is 0 Å². The van der Waals surface area contributed by atoms with Crippen molar-refractivity contribution in [2.24, 2.45) is 5.73 Å². The van der Waals surface area contributed by atoms with Crippen LogP contribution < -0.4 is 5.73 Å². The lowest BCUT2D eigenvalue weighted by Crippen LogP contribution is -2.41. The molecule has 14 heavy (non-hydrogen) atoms. The quantitative estimate of drug-likeness (QED) is 0.828. The van der Waals surface area contributed by atoms with Crippen LogP contribution in [0.15, 0.2) is 18.2 Å². The van der Waals surface area contributed by atoms with Crippen LogP contribution in [0.25, 0.3) is 0 Å². The Morgan fingerprint density at radius 3 is 2.36 bits per heavy atom. The lowest BCUT2D eigenvalue weighted by atomic mass is 9.64. The SMILES string of the molecule is NCC1(c2ccc(Cl)c(Cl)c2)CCC1. The first-order valence-electron chi connectivity index (χ1n) is 4.83. The molecule has 0 radical (unpaired) electrons. The van der Waals surface area contributed by atoms with Gasteiger partial charge in [-0.2, -0.15) is 0 Å². The monoisotopic (exact) mass is 229 g/mol. The minimum absolute atomic E-state index is 0.175. The van der Waals surface area contributed by atoms with Crippen LogP contribution in [0.4, 0.5) is 0 Å². The first-order valence-corrected chi connectivity index (χ1v) is 5.59. The molecule has 1 nitrogen and oxygen atoms in total. The van der Waals surface area contributed by atoms with Gasteiger partial charge in [-0.1, -0.05) is 35.7 Å². The molecule has 0 bridgehead atoms. The summed E-state index contributed by atoms with van der Waals surface area (Å²) >= 11 is 11.9. The summed E-state index contributed by atoms with van der Waals surface area (Å²) in [5.41, 5.74) is 7.22. The Labute approximate surface area is 94.2 Å². The maximum atomic E-state index is 5.99. The Morgan fingerprint density at radius 1 is 1.21 bits per heavy atom. The molecule has 2 rings (SSSR count). The van der Waals surface area contributed by atoms with Crippen molar-refractivity contribution >= 4 is 23.2 Å². The van der Waals surface area contributed by atoms with Crippen LogP contribution >= 0.6 is 23.2 Å². The number of hydrogen-bond acceptors (Lipinski definition) is 1. The van der Waals surface area contributed by atoms with E-state index in [0.717, 1.165) is 0 Å². The number of halogens is 2. The lowest BCUT2D eigenvalue weighted by molar-refractivity contribution is 0.253. The van der Waals surface area contributed by atoms with Gasteiger partial charge in [-0.15, -0.1) is 0 Å². The highest BCUT2D eigenvalue weighted by atomic mass is 35.5. The van der Waals surface area contributed by atoms with Gasteiger partial charge in [-0.3, -0.25) is 0 Å². The fourth-order valence-corrected chi connectivity index (χ4v) is 2.34. The van der Waals surface area contributed by atoms with Gasteiger partial charge in [0.2, 0.25) is 0 Å². The minimum Gasteiger partial charge on any atom is -0.330 e. The van der Waals surface area contributed by atoms with Gasteiger partial charge >= 0.3 is 0 Å². The van der Waals surface area contributed by atoms with Gasteiger partial charge in [0.25, 0.3) is 0 Å². The normalized spacial score (nSPS) is 19.1. The zero-order chi connectivity index (χ0) is 10.2. The topological polar surface area (TPSA) is 26.0 Å². The van der Waals surface area contributed by atoms with E-state index in [1.54, 1.807) is 0 Å². The average Bonchev–Trinajstić information content (AvgIpc) is 2.10. The second-order valence-electron chi connectivity index (χ2n) is 3.97. The second kappa shape index (κ2) is 3.73. The molecule has 2 N–H and O–H groups in total. The van der Waals surface area contributed by atoms with E-state index in [1.165, 1.54) is 24.8 Å². The van der Waals surface area contributed by atoms with Gasteiger partial charge in [0.1, 0.15) is 0 Å². The highest BCUT2D eigenvalue weighted by molar-refractivity contribution is 6.42. The molecule has 0 heterocycles. The number of nitrogens with two attached hydrogens (primary N) is 1. The molecule has 3 heteroatoms. The van der Waals surface area contributed by atoms with Crippen LogP contribution in [0, 0.1) is 0 Å². The Kier molecular flexibility index (Phi) is 2.74. The Bertz CT molecular complexity index is 340.